The van der Waals surface area contributed by atoms with Crippen LogP contribution in [0.5, 0.6) is 0 Å². The Labute approximate surface area is 135 Å². The molecule has 1 N–H and O–H groups in total. The molecule has 2 nitrogen and oxygen atoms in total. The van der Waals surface area contributed by atoms with E-state index in [0.29, 0.717) is 6.42 Å². The zero-order chi connectivity index (χ0) is 15.9. The molecule has 23 heavy (non-hydrogen) atoms. The van der Waals surface area contributed by atoms with E-state index in [2.05, 4.69) is 0 Å². The first-order valence-electron chi connectivity index (χ1n) is 7.70. The summed E-state index contributed by atoms with van der Waals surface area (Å²) in [6.07, 6.45) is 0.456. The van der Waals surface area contributed by atoms with Crippen molar-refractivity contribution in [3.63, 3.8) is 0 Å². The number of hydrogen-bond acceptors (Lipinski definition) is 1. The van der Waals surface area contributed by atoms with Crippen molar-refractivity contribution in [2.24, 2.45) is 0 Å². The maximum Gasteiger partial charge on any atom is 0.319 e. The van der Waals surface area contributed by atoms with Gasteiger partial charge in [-0.2, -0.15) is 0 Å². The van der Waals surface area contributed by atoms with E-state index >= 15 is 0 Å². The summed E-state index contributed by atoms with van der Waals surface area (Å²) < 4.78 is 0. The summed E-state index contributed by atoms with van der Waals surface area (Å²) in [5, 5.41) is 10.2. The highest BCUT2D eigenvalue weighted by molar-refractivity contribution is 5.97. The Bertz CT molecular complexity index is 836. The van der Waals surface area contributed by atoms with E-state index in [1.807, 2.05) is 78.9 Å². The molecule has 2 heteroatoms. The Morgan fingerprint density at radius 2 is 1.22 bits per heavy atom. The molecular formula is C21H16O2. The molecule has 1 aliphatic rings. The standard InChI is InChI=1S/C21H16O2/c22-20(23)21(14-15-8-2-1-3-9-15)18-12-6-4-10-16(18)17-11-5-7-13-19(17)21/h1-13H,14H2,(H,22,23). The molecule has 0 aromatic heterocycles. The number of carboxylic acid groups (broad SMARTS) is 1. The second-order valence-electron chi connectivity index (χ2n) is 5.96. The van der Waals surface area contributed by atoms with Crippen LogP contribution in [-0.4, -0.2) is 11.1 Å². The SMILES string of the molecule is O=C(O)C1(Cc2ccccc2)c2ccccc2-c2ccccc21. The molecule has 0 heterocycles. The van der Waals surface area contributed by atoms with Crippen LogP contribution in [0.4, 0.5) is 0 Å². The third-order valence-corrected chi connectivity index (χ3v) is 4.74. The fourth-order valence-electron chi connectivity index (χ4n) is 3.72. The van der Waals surface area contributed by atoms with Crippen molar-refractivity contribution < 1.29 is 9.90 Å². The third-order valence-electron chi connectivity index (χ3n) is 4.74. The zero-order valence-corrected chi connectivity index (χ0v) is 12.6. The monoisotopic (exact) mass is 300 g/mol. The van der Waals surface area contributed by atoms with Gasteiger partial charge >= 0.3 is 5.97 Å². The fourth-order valence-corrected chi connectivity index (χ4v) is 3.72. The fraction of sp³-hybridized carbons (Fsp3) is 0.0952. The van der Waals surface area contributed by atoms with E-state index in [-0.39, 0.29) is 0 Å². The van der Waals surface area contributed by atoms with Crippen LogP contribution in [-0.2, 0) is 16.6 Å². The van der Waals surface area contributed by atoms with Crippen molar-refractivity contribution in [1.82, 2.24) is 0 Å². The molecule has 0 amide bonds. The molecule has 0 aliphatic heterocycles. The van der Waals surface area contributed by atoms with Gasteiger partial charge in [0.25, 0.3) is 0 Å². The summed E-state index contributed by atoms with van der Waals surface area (Å²) in [7, 11) is 0. The first-order valence-corrected chi connectivity index (χ1v) is 7.70. The minimum atomic E-state index is -1.02. The van der Waals surface area contributed by atoms with E-state index in [1.165, 1.54) is 0 Å². The van der Waals surface area contributed by atoms with Crippen LogP contribution in [0.25, 0.3) is 11.1 Å². The third kappa shape index (κ3) is 1.92. The zero-order valence-electron chi connectivity index (χ0n) is 12.6. The van der Waals surface area contributed by atoms with Gasteiger partial charge < -0.3 is 5.11 Å². The van der Waals surface area contributed by atoms with E-state index in [0.717, 1.165) is 27.8 Å². The maximum absolute atomic E-state index is 12.5. The number of carbonyl (C=O) groups is 1. The Morgan fingerprint density at radius 3 is 1.74 bits per heavy atom. The number of benzene rings is 3. The van der Waals surface area contributed by atoms with Gasteiger partial charge in [-0.3, -0.25) is 4.79 Å². The number of aliphatic carboxylic acids is 1. The molecule has 0 fully saturated rings. The normalized spacial score (nSPS) is 14.1. The van der Waals surface area contributed by atoms with Gasteiger partial charge in [-0.25, -0.2) is 0 Å². The number of rotatable bonds is 3. The lowest BCUT2D eigenvalue weighted by molar-refractivity contribution is -0.142. The number of fused-ring (bicyclic) bond motifs is 3. The lowest BCUT2D eigenvalue weighted by Gasteiger charge is -2.27. The molecule has 0 unspecified atom stereocenters. The molecule has 0 atom stereocenters. The van der Waals surface area contributed by atoms with Crippen LogP contribution in [0.15, 0.2) is 78.9 Å². The lowest BCUT2D eigenvalue weighted by Crippen LogP contribution is -2.37. The molecular weight excluding hydrogens is 284 g/mol. The molecule has 0 saturated carbocycles. The minimum Gasteiger partial charge on any atom is -0.480 e. The van der Waals surface area contributed by atoms with Gasteiger partial charge in [0.1, 0.15) is 5.41 Å². The van der Waals surface area contributed by atoms with Gasteiger partial charge in [0, 0.05) is 0 Å². The predicted molar refractivity (Wildman–Crippen MR) is 90.4 cm³/mol. The summed E-state index contributed by atoms with van der Waals surface area (Å²) in [4.78, 5) is 12.5. The largest absolute Gasteiger partial charge is 0.480 e. The number of hydrogen-bond donors (Lipinski definition) is 1. The summed E-state index contributed by atoms with van der Waals surface area (Å²) in [6.45, 7) is 0. The molecule has 4 rings (SSSR count). The van der Waals surface area contributed by atoms with E-state index in [9.17, 15) is 9.90 Å². The molecule has 0 spiro atoms. The quantitative estimate of drug-likeness (QED) is 0.784. The average molecular weight is 300 g/mol. The van der Waals surface area contributed by atoms with Crippen LogP contribution in [0.1, 0.15) is 16.7 Å². The summed E-state index contributed by atoms with van der Waals surface area (Å²) in [6, 6.07) is 25.6. The van der Waals surface area contributed by atoms with Gasteiger partial charge in [-0.15, -0.1) is 0 Å². The Balaban J connectivity index is 2.01. The van der Waals surface area contributed by atoms with Gasteiger partial charge in [0.2, 0.25) is 0 Å². The predicted octanol–water partition coefficient (Wildman–Crippen LogP) is 4.28. The van der Waals surface area contributed by atoms with Crippen molar-refractivity contribution in [2.45, 2.75) is 11.8 Å². The highest BCUT2D eigenvalue weighted by atomic mass is 16.4. The van der Waals surface area contributed by atoms with Crippen LogP contribution < -0.4 is 0 Å². The lowest BCUT2D eigenvalue weighted by atomic mass is 9.73. The second kappa shape index (κ2) is 5.10. The first-order chi connectivity index (χ1) is 11.2. The van der Waals surface area contributed by atoms with Crippen LogP contribution >= 0.6 is 0 Å². The topological polar surface area (TPSA) is 37.3 Å². The maximum atomic E-state index is 12.5. The average Bonchev–Trinajstić information content (AvgIpc) is 2.88. The van der Waals surface area contributed by atoms with E-state index < -0.39 is 11.4 Å². The van der Waals surface area contributed by atoms with Crippen molar-refractivity contribution in [2.75, 3.05) is 0 Å². The number of carboxylic acids is 1. The van der Waals surface area contributed by atoms with Crippen molar-refractivity contribution in [1.29, 1.82) is 0 Å². The van der Waals surface area contributed by atoms with Crippen LogP contribution in [0, 0.1) is 0 Å². The highest BCUT2D eigenvalue weighted by Crippen LogP contribution is 2.50. The van der Waals surface area contributed by atoms with Crippen molar-refractivity contribution in [3.05, 3.63) is 95.6 Å². The Morgan fingerprint density at radius 1 is 0.739 bits per heavy atom. The Hall–Kier alpha value is -2.87. The van der Waals surface area contributed by atoms with Crippen LogP contribution in [0.2, 0.25) is 0 Å². The van der Waals surface area contributed by atoms with Gasteiger partial charge in [0.05, 0.1) is 0 Å². The van der Waals surface area contributed by atoms with Crippen molar-refractivity contribution >= 4 is 5.97 Å². The minimum absolute atomic E-state index is 0.456. The molecule has 112 valence electrons. The first kappa shape index (κ1) is 13.8. The van der Waals surface area contributed by atoms with Gasteiger partial charge in [-0.1, -0.05) is 78.9 Å². The van der Waals surface area contributed by atoms with E-state index in [1.54, 1.807) is 0 Å². The summed E-state index contributed by atoms with van der Waals surface area (Å²) in [5.74, 6) is -0.793. The van der Waals surface area contributed by atoms with Gasteiger partial charge in [-0.05, 0) is 34.2 Å². The van der Waals surface area contributed by atoms with Crippen molar-refractivity contribution in [3.8, 4) is 11.1 Å². The molecule has 1 aliphatic carbocycles. The molecule has 3 aromatic rings. The molecule has 3 aromatic carbocycles. The smallest absolute Gasteiger partial charge is 0.319 e. The Kier molecular flexibility index (Phi) is 3.05. The second-order valence-corrected chi connectivity index (χ2v) is 5.96. The molecule has 0 bridgehead atoms. The summed E-state index contributed by atoms with van der Waals surface area (Å²) in [5.41, 5.74) is 3.84. The van der Waals surface area contributed by atoms with Crippen LogP contribution in [0.3, 0.4) is 0 Å². The summed E-state index contributed by atoms with van der Waals surface area (Å²) >= 11 is 0. The highest BCUT2D eigenvalue weighted by Gasteiger charge is 2.49. The van der Waals surface area contributed by atoms with E-state index in [4.69, 9.17) is 0 Å². The molecule has 0 saturated heterocycles. The van der Waals surface area contributed by atoms with Gasteiger partial charge in [0.15, 0.2) is 0 Å². The molecule has 0 radical (unpaired) electrons.